The van der Waals surface area contributed by atoms with Crippen molar-refractivity contribution in [2.24, 2.45) is 5.73 Å². The maximum absolute atomic E-state index is 12.2. The first-order valence-corrected chi connectivity index (χ1v) is 8.08. The van der Waals surface area contributed by atoms with Gasteiger partial charge in [-0.05, 0) is 57.3 Å². The Morgan fingerprint density at radius 1 is 1.38 bits per heavy atom. The highest BCUT2D eigenvalue weighted by Crippen LogP contribution is 2.38. The maximum Gasteiger partial charge on any atom is 0.230 e. The van der Waals surface area contributed by atoms with Gasteiger partial charge in [0.2, 0.25) is 5.91 Å². The van der Waals surface area contributed by atoms with Gasteiger partial charge in [-0.3, -0.25) is 9.36 Å². The van der Waals surface area contributed by atoms with Crippen molar-refractivity contribution < 1.29 is 4.79 Å². The van der Waals surface area contributed by atoms with Crippen molar-refractivity contribution in [2.45, 2.75) is 51.1 Å². The number of carbonyl (C=O) groups excluding carboxylic acids is 1. The molecule has 1 aromatic heterocycles. The van der Waals surface area contributed by atoms with E-state index in [4.69, 9.17) is 5.73 Å². The largest absolute Gasteiger partial charge is 0.368 e. The van der Waals surface area contributed by atoms with Gasteiger partial charge in [0.15, 0.2) is 0 Å². The Hall–Kier alpha value is -1.33. The average Bonchev–Trinajstić information content (AvgIpc) is 2.86. The van der Waals surface area contributed by atoms with E-state index in [1.54, 1.807) is 0 Å². The zero-order valence-corrected chi connectivity index (χ0v) is 13.1. The van der Waals surface area contributed by atoms with Gasteiger partial charge in [-0.1, -0.05) is 6.92 Å². The lowest BCUT2D eigenvalue weighted by atomic mass is 9.89. The number of nitrogens with two attached hydrogens (primary N) is 1. The highest BCUT2D eigenvalue weighted by molar-refractivity contribution is 5.82. The third kappa shape index (κ3) is 2.72. The summed E-state index contributed by atoms with van der Waals surface area (Å²) in [7, 11) is 2.17. The summed E-state index contributed by atoms with van der Waals surface area (Å²) in [6.07, 6.45) is 6.73. The predicted octanol–water partition coefficient (Wildman–Crippen LogP) is 1.99. The monoisotopic (exact) mass is 290 g/mol. The quantitative estimate of drug-likeness (QED) is 0.874. The molecule has 1 fully saturated rings. The minimum atomic E-state index is 0.00935. The molecule has 1 atom stereocenters. The third-order valence-electron chi connectivity index (χ3n) is 4.89. The highest BCUT2D eigenvalue weighted by Gasteiger charge is 2.29. The van der Waals surface area contributed by atoms with Gasteiger partial charge in [-0.2, -0.15) is 0 Å². The van der Waals surface area contributed by atoms with E-state index in [0.29, 0.717) is 12.3 Å². The summed E-state index contributed by atoms with van der Waals surface area (Å²) < 4.78 is 1.88. The molecule has 0 amide bonds. The number of carbonyl (C=O) groups is 1. The van der Waals surface area contributed by atoms with Gasteiger partial charge < -0.3 is 16.0 Å². The molecule has 3 rings (SSSR count). The molecule has 0 aliphatic carbocycles. The van der Waals surface area contributed by atoms with Crippen LogP contribution in [0.2, 0.25) is 0 Å². The van der Waals surface area contributed by atoms with Crippen LogP contribution >= 0.6 is 0 Å². The van der Waals surface area contributed by atoms with Crippen molar-refractivity contribution in [3.8, 4) is 0 Å². The molecule has 0 spiro atoms. The van der Waals surface area contributed by atoms with Crippen LogP contribution in [0.15, 0.2) is 6.20 Å². The molecular weight excluding hydrogens is 264 g/mol. The number of nitrogens with zero attached hydrogens (tertiary/aromatic N) is 2. The number of nitrogens with one attached hydrogen (secondary N) is 1. The SMILES string of the molecule is CCC(=O)n1cc(C2CCN(C)CC2)c2c1CCC(N)N2. The van der Waals surface area contributed by atoms with Crippen molar-refractivity contribution >= 4 is 11.6 Å². The third-order valence-corrected chi connectivity index (χ3v) is 4.89. The van der Waals surface area contributed by atoms with Crippen LogP contribution in [-0.2, 0) is 6.42 Å². The van der Waals surface area contributed by atoms with Crippen molar-refractivity contribution in [2.75, 3.05) is 25.5 Å². The summed E-state index contributed by atoms with van der Waals surface area (Å²) >= 11 is 0. The van der Waals surface area contributed by atoms with Gasteiger partial charge in [0.1, 0.15) is 0 Å². The molecule has 5 heteroatoms. The standard InChI is InChI=1S/C16H26N4O/c1-3-15(21)20-10-12(11-6-8-19(2)9-7-11)16-13(20)4-5-14(17)18-16/h10-11,14,18H,3-9,17H2,1-2H3. The molecule has 0 bridgehead atoms. The first kappa shape index (κ1) is 14.6. The summed E-state index contributed by atoms with van der Waals surface area (Å²) in [6, 6.07) is 0. The maximum atomic E-state index is 12.2. The van der Waals surface area contributed by atoms with Crippen LogP contribution in [0.1, 0.15) is 54.6 Å². The van der Waals surface area contributed by atoms with Gasteiger partial charge in [-0.25, -0.2) is 0 Å². The van der Waals surface area contributed by atoms with Crippen molar-refractivity contribution in [1.82, 2.24) is 9.47 Å². The van der Waals surface area contributed by atoms with Crippen LogP contribution in [0, 0.1) is 0 Å². The molecule has 1 saturated heterocycles. The summed E-state index contributed by atoms with van der Waals surface area (Å²) in [6.45, 7) is 4.17. The molecule has 1 aromatic rings. The lowest BCUT2D eigenvalue weighted by molar-refractivity contribution is 0.0905. The number of rotatable bonds is 2. The fourth-order valence-corrected chi connectivity index (χ4v) is 3.55. The second-order valence-electron chi connectivity index (χ2n) is 6.39. The molecule has 2 aliphatic heterocycles. The van der Waals surface area contributed by atoms with E-state index in [1.807, 2.05) is 11.5 Å². The normalized spacial score (nSPS) is 23.7. The van der Waals surface area contributed by atoms with Gasteiger partial charge in [-0.15, -0.1) is 0 Å². The molecule has 116 valence electrons. The Labute approximate surface area is 126 Å². The molecule has 3 N–H and O–H groups in total. The Morgan fingerprint density at radius 2 is 2.10 bits per heavy atom. The summed E-state index contributed by atoms with van der Waals surface area (Å²) in [5, 5.41) is 3.43. The van der Waals surface area contributed by atoms with Crippen molar-refractivity contribution in [1.29, 1.82) is 0 Å². The fraction of sp³-hybridized carbons (Fsp3) is 0.688. The smallest absolute Gasteiger partial charge is 0.230 e. The number of likely N-dealkylation sites (tertiary alicyclic amines) is 1. The summed E-state index contributed by atoms with van der Waals surface area (Å²) in [4.78, 5) is 14.6. The van der Waals surface area contributed by atoms with E-state index in [-0.39, 0.29) is 12.1 Å². The van der Waals surface area contributed by atoms with Gasteiger partial charge >= 0.3 is 0 Å². The van der Waals surface area contributed by atoms with Crippen molar-refractivity contribution in [3.05, 3.63) is 17.5 Å². The minimum Gasteiger partial charge on any atom is -0.368 e. The Kier molecular flexibility index (Phi) is 4.04. The van der Waals surface area contributed by atoms with Crippen LogP contribution in [0.25, 0.3) is 0 Å². The summed E-state index contributed by atoms with van der Waals surface area (Å²) in [5.74, 6) is 0.723. The van der Waals surface area contributed by atoms with Gasteiger partial charge in [0.05, 0.1) is 11.9 Å². The zero-order chi connectivity index (χ0) is 15.0. The number of anilines is 1. The molecule has 0 radical (unpaired) electrons. The van der Waals surface area contributed by atoms with E-state index in [1.165, 1.54) is 5.56 Å². The molecule has 1 unspecified atom stereocenters. The van der Waals surface area contributed by atoms with Crippen LogP contribution < -0.4 is 11.1 Å². The van der Waals surface area contributed by atoms with E-state index in [9.17, 15) is 4.79 Å². The number of piperidine rings is 1. The van der Waals surface area contributed by atoms with Gasteiger partial charge in [0.25, 0.3) is 0 Å². The van der Waals surface area contributed by atoms with E-state index in [2.05, 4.69) is 23.5 Å². The number of hydrogen-bond donors (Lipinski definition) is 2. The topological polar surface area (TPSA) is 63.3 Å². The molecule has 0 aromatic carbocycles. The average molecular weight is 290 g/mol. The van der Waals surface area contributed by atoms with Crippen LogP contribution in [-0.4, -0.2) is 41.7 Å². The molecule has 0 saturated carbocycles. The minimum absolute atomic E-state index is 0.00935. The predicted molar refractivity (Wildman–Crippen MR) is 84.7 cm³/mol. The molecule has 3 heterocycles. The first-order chi connectivity index (χ1) is 10.1. The van der Waals surface area contributed by atoms with Crippen LogP contribution in [0.3, 0.4) is 0 Å². The van der Waals surface area contributed by atoms with Crippen molar-refractivity contribution in [3.63, 3.8) is 0 Å². The first-order valence-electron chi connectivity index (χ1n) is 8.08. The zero-order valence-electron chi connectivity index (χ0n) is 13.1. The van der Waals surface area contributed by atoms with E-state index >= 15 is 0 Å². The lowest BCUT2D eigenvalue weighted by Gasteiger charge is -2.30. The van der Waals surface area contributed by atoms with Crippen LogP contribution in [0.5, 0.6) is 0 Å². The summed E-state index contributed by atoms with van der Waals surface area (Å²) in [5.41, 5.74) is 9.66. The van der Waals surface area contributed by atoms with Gasteiger partial charge in [0, 0.05) is 18.3 Å². The molecule has 21 heavy (non-hydrogen) atoms. The molecule has 2 aliphatic rings. The fourth-order valence-electron chi connectivity index (χ4n) is 3.55. The second-order valence-corrected chi connectivity index (χ2v) is 6.39. The molecular formula is C16H26N4O. The lowest BCUT2D eigenvalue weighted by Crippen LogP contribution is -2.35. The Morgan fingerprint density at radius 3 is 2.76 bits per heavy atom. The molecule has 5 nitrogen and oxygen atoms in total. The second kappa shape index (κ2) is 5.81. The Balaban J connectivity index is 1.96. The van der Waals surface area contributed by atoms with E-state index in [0.717, 1.165) is 50.2 Å². The van der Waals surface area contributed by atoms with Crippen LogP contribution in [0.4, 0.5) is 5.69 Å². The number of fused-ring (bicyclic) bond motifs is 1. The number of hydrogen-bond acceptors (Lipinski definition) is 4. The number of aromatic nitrogens is 1. The Bertz CT molecular complexity index is 529. The van der Waals surface area contributed by atoms with E-state index < -0.39 is 0 Å². The highest BCUT2D eigenvalue weighted by atomic mass is 16.2.